The third-order valence-electron chi connectivity index (χ3n) is 2.35. The molecule has 0 aliphatic heterocycles. The second-order valence-electron chi connectivity index (χ2n) is 3.74. The summed E-state index contributed by atoms with van der Waals surface area (Å²) in [4.78, 5) is 11.1. The van der Waals surface area contributed by atoms with Crippen LogP contribution in [0.5, 0.6) is 5.75 Å². The molecular formula is C11H7F4N3O3. The molecule has 0 fully saturated rings. The topological polar surface area (TPSA) is 90.4 Å². The number of nitrogens with zero attached hydrogens (tertiary/aromatic N) is 1. The number of nitrogens with one attached hydrogen (secondary N) is 1. The molecule has 0 spiro atoms. The molecule has 1 aromatic heterocycles. The molecule has 21 heavy (non-hydrogen) atoms. The summed E-state index contributed by atoms with van der Waals surface area (Å²) < 4.78 is 61.7. The van der Waals surface area contributed by atoms with Crippen molar-refractivity contribution in [2.45, 2.75) is 6.61 Å². The van der Waals surface area contributed by atoms with E-state index in [4.69, 9.17) is 5.84 Å². The molecule has 2 aromatic rings. The lowest BCUT2D eigenvalue weighted by molar-refractivity contribution is 0.0944. The van der Waals surface area contributed by atoms with Crippen molar-refractivity contribution in [2.75, 3.05) is 0 Å². The number of hydrazine groups is 1. The van der Waals surface area contributed by atoms with E-state index in [-0.39, 0.29) is 17.5 Å². The summed E-state index contributed by atoms with van der Waals surface area (Å²) in [6, 6.07) is 1.13. The second kappa shape index (κ2) is 5.79. The third-order valence-corrected chi connectivity index (χ3v) is 2.35. The number of ether oxygens (including phenoxy) is 1. The first-order valence-electron chi connectivity index (χ1n) is 5.36. The van der Waals surface area contributed by atoms with Crippen LogP contribution >= 0.6 is 0 Å². The van der Waals surface area contributed by atoms with Crippen molar-refractivity contribution in [1.29, 1.82) is 0 Å². The van der Waals surface area contributed by atoms with Gasteiger partial charge in [-0.2, -0.15) is 8.78 Å². The molecule has 0 saturated heterocycles. The van der Waals surface area contributed by atoms with Crippen LogP contribution < -0.4 is 16.0 Å². The Kier molecular flexibility index (Phi) is 4.08. The minimum absolute atomic E-state index is 0.0513. The highest BCUT2D eigenvalue weighted by atomic mass is 19.2. The summed E-state index contributed by atoms with van der Waals surface area (Å²) in [5.74, 6) is -3.85. The van der Waals surface area contributed by atoms with Gasteiger partial charge in [0, 0.05) is 12.1 Å². The summed E-state index contributed by atoms with van der Waals surface area (Å²) in [7, 11) is 0. The van der Waals surface area contributed by atoms with E-state index >= 15 is 0 Å². The maximum atomic E-state index is 13.3. The van der Waals surface area contributed by atoms with Crippen LogP contribution in [0.1, 0.15) is 16.2 Å². The number of hydrogen-bond acceptors (Lipinski definition) is 5. The number of hydrogen-bond donors (Lipinski definition) is 2. The molecule has 10 heteroatoms. The number of nitrogens with two attached hydrogens (primary N) is 1. The Balaban J connectivity index is 2.17. The average molecular weight is 305 g/mol. The third kappa shape index (κ3) is 2.94. The van der Waals surface area contributed by atoms with Gasteiger partial charge in [-0.15, -0.1) is 0 Å². The highest BCUT2D eigenvalue weighted by molar-refractivity contribution is 5.91. The Morgan fingerprint density at radius 3 is 2.43 bits per heavy atom. The van der Waals surface area contributed by atoms with E-state index in [2.05, 4.69) is 14.4 Å². The molecule has 0 unspecified atom stereocenters. The molecule has 1 heterocycles. The monoisotopic (exact) mass is 305 g/mol. The molecule has 0 bridgehead atoms. The van der Waals surface area contributed by atoms with Gasteiger partial charge >= 0.3 is 0 Å². The van der Waals surface area contributed by atoms with E-state index in [0.717, 1.165) is 6.07 Å². The van der Waals surface area contributed by atoms with Crippen LogP contribution in [0.4, 0.5) is 17.6 Å². The van der Waals surface area contributed by atoms with Crippen LogP contribution in [-0.2, 0) is 6.61 Å². The molecule has 3 N–H and O–H groups in total. The highest BCUT2D eigenvalue weighted by Gasteiger charge is 2.21. The summed E-state index contributed by atoms with van der Waals surface area (Å²) in [6.07, 6.45) is 0. The maximum absolute atomic E-state index is 13.3. The van der Waals surface area contributed by atoms with Gasteiger partial charge in [0.25, 0.3) is 5.91 Å². The quantitative estimate of drug-likeness (QED) is 0.293. The van der Waals surface area contributed by atoms with Gasteiger partial charge in [0.15, 0.2) is 28.8 Å². The summed E-state index contributed by atoms with van der Waals surface area (Å²) in [6.45, 7) is -0.610. The number of halogens is 4. The molecule has 0 saturated carbocycles. The average Bonchev–Trinajstić information content (AvgIpc) is 2.93. The summed E-state index contributed by atoms with van der Waals surface area (Å²) >= 11 is 0. The van der Waals surface area contributed by atoms with Crippen molar-refractivity contribution in [3.05, 3.63) is 46.9 Å². The molecule has 0 atom stereocenters. The largest absolute Gasteiger partial charge is 0.479 e. The van der Waals surface area contributed by atoms with Gasteiger partial charge in [-0.25, -0.2) is 14.6 Å². The Morgan fingerprint density at radius 2 is 1.86 bits per heavy atom. The van der Waals surface area contributed by atoms with Crippen LogP contribution in [0.25, 0.3) is 0 Å². The lowest BCUT2D eigenvalue weighted by atomic mass is 10.3. The van der Waals surface area contributed by atoms with Gasteiger partial charge in [0.1, 0.15) is 6.61 Å². The first kappa shape index (κ1) is 14.8. The summed E-state index contributed by atoms with van der Waals surface area (Å²) in [5.41, 5.74) is 1.57. The van der Waals surface area contributed by atoms with Crippen LogP contribution in [0.2, 0.25) is 0 Å². The number of benzene rings is 1. The lowest BCUT2D eigenvalue weighted by Gasteiger charge is -2.07. The van der Waals surface area contributed by atoms with Crippen molar-refractivity contribution in [1.82, 2.24) is 10.6 Å². The zero-order valence-corrected chi connectivity index (χ0v) is 10.1. The number of carbonyl (C=O) groups is 1. The number of rotatable bonds is 4. The fourth-order valence-corrected chi connectivity index (χ4v) is 1.38. The molecule has 0 aliphatic carbocycles. The number of carbonyl (C=O) groups excluding carboxylic acids is 1. The first-order valence-corrected chi connectivity index (χ1v) is 5.36. The molecule has 0 radical (unpaired) electrons. The molecule has 112 valence electrons. The van der Waals surface area contributed by atoms with Crippen LogP contribution in [-0.4, -0.2) is 11.1 Å². The maximum Gasteiger partial charge on any atom is 0.287 e. The van der Waals surface area contributed by atoms with Crippen molar-refractivity contribution >= 4 is 5.91 Å². The minimum atomic E-state index is -1.69. The SMILES string of the molecule is NNC(=O)c1cc(COc2c(F)c(F)cc(F)c2F)on1. The summed E-state index contributed by atoms with van der Waals surface area (Å²) in [5, 5.41) is 3.30. The van der Waals surface area contributed by atoms with E-state index in [0.29, 0.717) is 0 Å². The van der Waals surface area contributed by atoms with Crippen molar-refractivity contribution in [3.8, 4) is 5.75 Å². The lowest BCUT2D eigenvalue weighted by Crippen LogP contribution is -2.30. The smallest absolute Gasteiger partial charge is 0.287 e. The predicted octanol–water partition coefficient (Wildman–Crippen LogP) is 1.41. The fourth-order valence-electron chi connectivity index (χ4n) is 1.38. The van der Waals surface area contributed by atoms with Crippen molar-refractivity contribution in [3.63, 3.8) is 0 Å². The van der Waals surface area contributed by atoms with Gasteiger partial charge < -0.3 is 9.26 Å². The van der Waals surface area contributed by atoms with E-state index in [1.165, 1.54) is 0 Å². The Morgan fingerprint density at radius 1 is 1.24 bits per heavy atom. The molecule has 2 rings (SSSR count). The van der Waals surface area contributed by atoms with Crippen molar-refractivity contribution < 1.29 is 31.6 Å². The van der Waals surface area contributed by atoms with Gasteiger partial charge in [0.2, 0.25) is 11.6 Å². The Bertz CT molecular complexity index is 663. The predicted molar refractivity (Wildman–Crippen MR) is 58.8 cm³/mol. The zero-order valence-electron chi connectivity index (χ0n) is 10.1. The first-order chi connectivity index (χ1) is 9.93. The molecule has 1 aromatic carbocycles. The van der Waals surface area contributed by atoms with Crippen LogP contribution in [0.3, 0.4) is 0 Å². The van der Waals surface area contributed by atoms with Crippen LogP contribution in [0, 0.1) is 23.3 Å². The number of aromatic nitrogens is 1. The van der Waals surface area contributed by atoms with Gasteiger partial charge in [-0.3, -0.25) is 10.2 Å². The minimum Gasteiger partial charge on any atom is -0.479 e. The van der Waals surface area contributed by atoms with Gasteiger partial charge in [-0.05, 0) is 0 Å². The fraction of sp³-hybridized carbons (Fsp3) is 0.0909. The zero-order chi connectivity index (χ0) is 15.6. The van der Waals surface area contributed by atoms with E-state index in [1.807, 2.05) is 0 Å². The molecule has 6 nitrogen and oxygen atoms in total. The molecular weight excluding hydrogens is 298 g/mol. The van der Waals surface area contributed by atoms with E-state index in [9.17, 15) is 22.4 Å². The molecule has 1 amide bonds. The Hall–Kier alpha value is -2.62. The van der Waals surface area contributed by atoms with Crippen LogP contribution in [0.15, 0.2) is 16.7 Å². The number of nitrogen functional groups attached to an aromatic ring is 1. The second-order valence-corrected chi connectivity index (χ2v) is 3.74. The standard InChI is InChI=1S/C11H7F4N3O3/c12-5-2-6(13)9(15)10(8(5)14)20-3-4-1-7(18-21-4)11(19)17-16/h1-2H,3,16H2,(H,17,19). The normalized spacial score (nSPS) is 10.5. The van der Waals surface area contributed by atoms with Gasteiger partial charge in [-0.1, -0.05) is 5.16 Å². The van der Waals surface area contributed by atoms with Crippen molar-refractivity contribution in [2.24, 2.45) is 5.84 Å². The number of amides is 1. The van der Waals surface area contributed by atoms with Gasteiger partial charge in [0.05, 0.1) is 0 Å². The Labute approximate surface area is 114 Å². The van der Waals surface area contributed by atoms with E-state index in [1.54, 1.807) is 5.43 Å². The molecule has 0 aliphatic rings. The van der Waals surface area contributed by atoms with E-state index < -0.39 is 41.5 Å². The highest BCUT2D eigenvalue weighted by Crippen LogP contribution is 2.27.